The second-order valence-corrected chi connectivity index (χ2v) is 6.28. The third-order valence-corrected chi connectivity index (χ3v) is 5.05. The smallest absolute Gasteiger partial charge is 0.286 e. The van der Waals surface area contributed by atoms with Gasteiger partial charge in [0.2, 0.25) is 6.03 Å². The molecule has 0 amide bonds. The van der Waals surface area contributed by atoms with Gasteiger partial charge in [0.1, 0.15) is 0 Å². The summed E-state index contributed by atoms with van der Waals surface area (Å²) < 4.78 is 29.5. The molecule has 0 heterocycles. The second kappa shape index (κ2) is 8.18. The Morgan fingerprint density at radius 2 is 1.85 bits per heavy atom. The van der Waals surface area contributed by atoms with Crippen LogP contribution in [0.3, 0.4) is 0 Å². The zero-order chi connectivity index (χ0) is 15.0. The molecule has 1 atom stereocenters. The molecule has 0 aromatic heterocycles. The van der Waals surface area contributed by atoms with Crippen molar-refractivity contribution in [1.29, 1.82) is 5.26 Å². The normalized spacial score (nSPS) is 13.9. The maximum Gasteiger partial charge on any atom is 0.286 e. The van der Waals surface area contributed by atoms with Gasteiger partial charge in [-0.25, -0.2) is 0 Å². The molecule has 0 N–H and O–H groups in total. The van der Waals surface area contributed by atoms with Gasteiger partial charge in [0.15, 0.2) is 0 Å². The van der Waals surface area contributed by atoms with Crippen LogP contribution < -0.4 is 5.30 Å². The molecule has 6 heteroatoms. The number of rotatable bonds is 8. The van der Waals surface area contributed by atoms with E-state index in [1.165, 1.54) is 0 Å². The Kier molecular flexibility index (Phi) is 6.90. The summed E-state index contributed by atoms with van der Waals surface area (Å²) in [7, 11) is -3.35. The topological polar surface area (TPSA) is 68.6 Å². The van der Waals surface area contributed by atoms with Crippen molar-refractivity contribution < 1.29 is 18.6 Å². The monoisotopic (exact) mass is 297 g/mol. The van der Waals surface area contributed by atoms with Gasteiger partial charge < -0.3 is 14.0 Å². The van der Waals surface area contributed by atoms with Gasteiger partial charge in [-0.05, 0) is 39.0 Å². The van der Waals surface area contributed by atoms with Gasteiger partial charge in [-0.15, -0.1) is 0 Å². The van der Waals surface area contributed by atoms with Gasteiger partial charge in [-0.3, -0.25) is 4.57 Å². The van der Waals surface area contributed by atoms with Crippen LogP contribution in [0.15, 0.2) is 24.3 Å². The van der Waals surface area contributed by atoms with E-state index in [9.17, 15) is 4.57 Å². The van der Waals surface area contributed by atoms with Crippen molar-refractivity contribution >= 4 is 12.7 Å². The van der Waals surface area contributed by atoms with Crippen LogP contribution in [0.5, 0.6) is 0 Å². The number of nitrogens with zero attached hydrogens (tertiary/aromatic N) is 1. The van der Waals surface area contributed by atoms with Gasteiger partial charge in [0.25, 0.3) is 7.37 Å². The molecular formula is C14H20NO4P. The fourth-order valence-corrected chi connectivity index (χ4v) is 3.95. The summed E-state index contributed by atoms with van der Waals surface area (Å²) in [6, 6.07) is 7.62. The van der Waals surface area contributed by atoms with E-state index in [1.807, 2.05) is 6.07 Å². The van der Waals surface area contributed by atoms with Gasteiger partial charge in [-0.1, -0.05) is 6.07 Å². The zero-order valence-corrected chi connectivity index (χ0v) is 12.9. The van der Waals surface area contributed by atoms with Crippen molar-refractivity contribution in [3.05, 3.63) is 29.8 Å². The van der Waals surface area contributed by atoms with Crippen LogP contribution in [0.1, 0.15) is 26.3 Å². The maximum atomic E-state index is 13.2. The van der Waals surface area contributed by atoms with Crippen LogP contribution in [-0.2, 0) is 18.6 Å². The highest BCUT2D eigenvalue weighted by atomic mass is 31.2. The molecule has 1 unspecified atom stereocenters. The van der Waals surface area contributed by atoms with Crippen molar-refractivity contribution in [3.8, 4) is 6.07 Å². The molecule has 0 bridgehead atoms. The Morgan fingerprint density at radius 3 is 2.35 bits per heavy atom. The minimum absolute atomic E-state index is 0.269. The molecule has 0 aliphatic carbocycles. The largest absolute Gasteiger partial charge is 0.344 e. The van der Waals surface area contributed by atoms with E-state index in [4.69, 9.17) is 19.3 Å². The molecule has 0 aliphatic heterocycles. The highest BCUT2D eigenvalue weighted by Crippen LogP contribution is 2.51. The number of hydrogen-bond donors (Lipinski definition) is 0. The van der Waals surface area contributed by atoms with Crippen LogP contribution >= 0.6 is 7.37 Å². The predicted octanol–water partition coefficient (Wildman–Crippen LogP) is 2.85. The minimum Gasteiger partial charge on any atom is -0.344 e. The first-order chi connectivity index (χ1) is 9.62. The van der Waals surface area contributed by atoms with Crippen LogP contribution in [0.4, 0.5) is 0 Å². The molecule has 1 rings (SSSR count). The van der Waals surface area contributed by atoms with Gasteiger partial charge in [0, 0.05) is 18.5 Å². The number of ether oxygens (including phenoxy) is 2. The average molecular weight is 297 g/mol. The van der Waals surface area contributed by atoms with E-state index >= 15 is 0 Å². The SMILES string of the molecule is CCOC(OCC)P(=O)(OCC)c1cccc(C#N)c1. The van der Waals surface area contributed by atoms with Crippen molar-refractivity contribution in [2.75, 3.05) is 19.8 Å². The summed E-state index contributed by atoms with van der Waals surface area (Å²) >= 11 is 0. The van der Waals surface area contributed by atoms with Crippen molar-refractivity contribution in [1.82, 2.24) is 0 Å². The number of benzene rings is 1. The summed E-state index contributed by atoms with van der Waals surface area (Å²) in [5.41, 5.74) is 0.425. The average Bonchev–Trinajstić information content (AvgIpc) is 2.47. The lowest BCUT2D eigenvalue weighted by Crippen LogP contribution is -2.25. The lowest BCUT2D eigenvalue weighted by molar-refractivity contribution is -0.0875. The summed E-state index contributed by atoms with van der Waals surface area (Å²) in [5.74, 6) is 0. The van der Waals surface area contributed by atoms with Gasteiger partial charge >= 0.3 is 0 Å². The Labute approximate surface area is 119 Å². The quantitative estimate of drug-likeness (QED) is 0.545. The van der Waals surface area contributed by atoms with Crippen LogP contribution in [0.25, 0.3) is 0 Å². The summed E-state index contributed by atoms with van der Waals surface area (Å²) in [5, 5.41) is 9.40. The van der Waals surface area contributed by atoms with Gasteiger partial charge in [0.05, 0.1) is 18.2 Å². The Balaban J connectivity index is 3.24. The Bertz CT molecular complexity index is 506. The van der Waals surface area contributed by atoms with Crippen LogP contribution in [-0.4, -0.2) is 25.9 Å². The van der Waals surface area contributed by atoms with E-state index in [2.05, 4.69) is 0 Å². The number of nitriles is 1. The molecular weight excluding hydrogens is 277 g/mol. The van der Waals surface area contributed by atoms with Crippen LogP contribution in [0, 0.1) is 11.3 Å². The van der Waals surface area contributed by atoms with E-state index < -0.39 is 13.4 Å². The van der Waals surface area contributed by atoms with Crippen molar-refractivity contribution in [2.24, 2.45) is 0 Å². The van der Waals surface area contributed by atoms with Gasteiger partial charge in [-0.2, -0.15) is 5.26 Å². The maximum absolute atomic E-state index is 13.2. The Morgan fingerprint density at radius 1 is 1.20 bits per heavy atom. The molecule has 110 valence electrons. The molecule has 20 heavy (non-hydrogen) atoms. The lowest BCUT2D eigenvalue weighted by atomic mass is 10.2. The number of hydrogen-bond acceptors (Lipinski definition) is 5. The lowest BCUT2D eigenvalue weighted by Gasteiger charge is -2.26. The molecule has 5 nitrogen and oxygen atoms in total. The Hall–Kier alpha value is -1.18. The highest BCUT2D eigenvalue weighted by Gasteiger charge is 2.38. The third-order valence-electron chi connectivity index (χ3n) is 2.55. The van der Waals surface area contributed by atoms with Crippen LogP contribution in [0.2, 0.25) is 0 Å². The third kappa shape index (κ3) is 3.91. The van der Waals surface area contributed by atoms with Crippen molar-refractivity contribution in [2.45, 2.75) is 26.8 Å². The fourth-order valence-electron chi connectivity index (χ4n) is 1.75. The van der Waals surface area contributed by atoms with E-state index in [1.54, 1.807) is 45.0 Å². The molecule has 0 spiro atoms. The summed E-state index contributed by atoms with van der Waals surface area (Å²) in [4.78, 5) is 0. The van der Waals surface area contributed by atoms with E-state index in [0.717, 1.165) is 0 Å². The molecule has 0 radical (unpaired) electrons. The molecule has 0 aliphatic rings. The predicted molar refractivity (Wildman–Crippen MR) is 77.1 cm³/mol. The standard InChI is InChI=1S/C14H20NO4P/c1-4-17-14(18-5-2)20(16,19-6-3)13-9-7-8-12(10-13)11-15/h7-10,14H,4-6H2,1-3H3. The second-order valence-electron chi connectivity index (χ2n) is 3.89. The highest BCUT2D eigenvalue weighted by molar-refractivity contribution is 7.67. The van der Waals surface area contributed by atoms with E-state index in [-0.39, 0.29) is 6.61 Å². The molecule has 1 aromatic carbocycles. The summed E-state index contributed by atoms with van der Waals surface area (Å²) in [6.07, 6.45) is 0. The zero-order valence-electron chi connectivity index (χ0n) is 12.0. The molecule has 0 saturated heterocycles. The first-order valence-corrected chi connectivity index (χ1v) is 8.29. The van der Waals surface area contributed by atoms with Crippen molar-refractivity contribution in [3.63, 3.8) is 0 Å². The molecule has 0 fully saturated rings. The van der Waals surface area contributed by atoms with E-state index in [0.29, 0.717) is 24.1 Å². The minimum atomic E-state index is -3.35. The summed E-state index contributed by atoms with van der Waals surface area (Å²) in [6.45, 7) is 6.35. The first kappa shape index (κ1) is 16.9. The first-order valence-electron chi connectivity index (χ1n) is 6.60. The molecule has 1 aromatic rings. The fraction of sp³-hybridized carbons (Fsp3) is 0.500. The molecule has 0 saturated carbocycles.